The molecule has 0 bridgehead atoms. The van der Waals surface area contributed by atoms with Gasteiger partial charge in [-0.25, -0.2) is 0 Å². The third kappa shape index (κ3) is 2.00. The fourth-order valence-electron chi connectivity index (χ4n) is 0.820. The van der Waals surface area contributed by atoms with Crippen molar-refractivity contribution in [2.75, 3.05) is 14.2 Å². The maximum absolute atomic E-state index is 4.99. The maximum atomic E-state index is 4.99. The van der Waals surface area contributed by atoms with Crippen molar-refractivity contribution in [3.8, 4) is 0 Å². The van der Waals surface area contributed by atoms with Gasteiger partial charge in [0.15, 0.2) is 6.29 Å². The fraction of sp³-hybridized carbons (Fsp3) is 0.375. The van der Waals surface area contributed by atoms with Crippen LogP contribution in [0.5, 0.6) is 0 Å². The van der Waals surface area contributed by atoms with E-state index in [-0.39, 0.29) is 6.29 Å². The Morgan fingerprint density at radius 3 is 2.64 bits per heavy atom. The largest absolute Gasteiger partial charge is 0.352 e. The molecule has 0 N–H and O–H groups in total. The van der Waals surface area contributed by atoms with Crippen LogP contribution in [0.1, 0.15) is 11.9 Å². The van der Waals surface area contributed by atoms with Crippen LogP contribution in [0, 0.1) is 6.20 Å². The number of pyridine rings is 1. The number of hydrogen-bond acceptors (Lipinski definition) is 3. The molecule has 1 aromatic heterocycles. The number of methoxy groups -OCH3 is 2. The highest BCUT2D eigenvalue weighted by atomic mass is 16.7. The average molecular weight is 152 g/mol. The molecule has 1 radical (unpaired) electrons. The Kier molecular flexibility index (Phi) is 3.01. The van der Waals surface area contributed by atoms with E-state index in [0.29, 0.717) is 0 Å². The van der Waals surface area contributed by atoms with E-state index in [1.807, 2.05) is 12.1 Å². The van der Waals surface area contributed by atoms with Gasteiger partial charge in [-0.1, -0.05) is 6.07 Å². The summed E-state index contributed by atoms with van der Waals surface area (Å²) in [6.45, 7) is 0. The van der Waals surface area contributed by atoms with Gasteiger partial charge in [-0.3, -0.25) is 4.98 Å². The molecule has 0 saturated carbocycles. The quantitative estimate of drug-likeness (QED) is 0.609. The third-order valence-corrected chi connectivity index (χ3v) is 1.31. The lowest BCUT2D eigenvalue weighted by atomic mass is 10.3. The van der Waals surface area contributed by atoms with Crippen molar-refractivity contribution in [2.24, 2.45) is 0 Å². The smallest absolute Gasteiger partial charge is 0.185 e. The number of hydrogen-bond donors (Lipinski definition) is 0. The van der Waals surface area contributed by atoms with Gasteiger partial charge in [0.05, 0.1) is 6.20 Å². The summed E-state index contributed by atoms with van der Waals surface area (Å²) < 4.78 is 9.98. The summed E-state index contributed by atoms with van der Waals surface area (Å²) >= 11 is 0. The van der Waals surface area contributed by atoms with Gasteiger partial charge in [-0.05, 0) is 6.07 Å². The normalized spacial score (nSPS) is 10.5. The summed E-state index contributed by atoms with van der Waals surface area (Å²) in [6, 6.07) is 3.67. The number of nitrogens with zero attached hydrogens (tertiary/aromatic N) is 1. The molecule has 0 unspecified atom stereocenters. The van der Waals surface area contributed by atoms with E-state index >= 15 is 0 Å². The minimum absolute atomic E-state index is 0.358. The van der Waals surface area contributed by atoms with Gasteiger partial charge < -0.3 is 9.47 Å². The molecule has 1 rings (SSSR count). The lowest BCUT2D eigenvalue weighted by Gasteiger charge is -2.11. The van der Waals surface area contributed by atoms with Crippen molar-refractivity contribution < 1.29 is 9.47 Å². The SMILES string of the molecule is COC(OC)c1[c]nccc1. The van der Waals surface area contributed by atoms with Crippen LogP contribution in [0.15, 0.2) is 18.3 Å². The zero-order valence-electron chi connectivity index (χ0n) is 6.57. The van der Waals surface area contributed by atoms with E-state index in [1.165, 1.54) is 0 Å². The van der Waals surface area contributed by atoms with Crippen molar-refractivity contribution in [3.05, 3.63) is 30.1 Å². The van der Waals surface area contributed by atoms with Crippen molar-refractivity contribution >= 4 is 0 Å². The highest BCUT2D eigenvalue weighted by Gasteiger charge is 2.07. The molecule has 3 nitrogen and oxygen atoms in total. The van der Waals surface area contributed by atoms with Crippen LogP contribution < -0.4 is 0 Å². The van der Waals surface area contributed by atoms with Gasteiger partial charge in [0.1, 0.15) is 0 Å². The molecule has 0 aromatic carbocycles. The van der Waals surface area contributed by atoms with E-state index < -0.39 is 0 Å². The Balaban J connectivity index is 2.74. The highest BCUT2D eigenvalue weighted by molar-refractivity contribution is 5.08. The molecule has 1 aromatic rings. The predicted octanol–water partition coefficient (Wildman–Crippen LogP) is 1.17. The fourth-order valence-corrected chi connectivity index (χ4v) is 0.820. The monoisotopic (exact) mass is 152 g/mol. The first-order valence-electron chi connectivity index (χ1n) is 3.26. The lowest BCUT2D eigenvalue weighted by molar-refractivity contribution is -0.106. The van der Waals surface area contributed by atoms with E-state index in [0.717, 1.165) is 5.56 Å². The van der Waals surface area contributed by atoms with Crippen molar-refractivity contribution in [1.29, 1.82) is 0 Å². The van der Waals surface area contributed by atoms with Crippen molar-refractivity contribution in [1.82, 2.24) is 4.98 Å². The summed E-state index contributed by atoms with van der Waals surface area (Å²) in [5.41, 5.74) is 0.803. The molecule has 0 aliphatic heterocycles. The Hall–Kier alpha value is -0.930. The van der Waals surface area contributed by atoms with Crippen molar-refractivity contribution in [2.45, 2.75) is 6.29 Å². The van der Waals surface area contributed by atoms with Crippen molar-refractivity contribution in [3.63, 3.8) is 0 Å². The van der Waals surface area contributed by atoms with Gasteiger partial charge in [-0.15, -0.1) is 0 Å². The zero-order valence-corrected chi connectivity index (χ0v) is 6.57. The van der Waals surface area contributed by atoms with Crippen LogP contribution in [0.2, 0.25) is 0 Å². The van der Waals surface area contributed by atoms with E-state index in [9.17, 15) is 0 Å². The summed E-state index contributed by atoms with van der Waals surface area (Å²) in [5, 5.41) is 0. The molecule has 0 aliphatic carbocycles. The first kappa shape index (κ1) is 8.17. The second-order valence-electron chi connectivity index (χ2n) is 2.01. The summed E-state index contributed by atoms with van der Waals surface area (Å²) in [4.78, 5) is 3.82. The molecule has 59 valence electrons. The van der Waals surface area contributed by atoms with Crippen LogP contribution >= 0.6 is 0 Å². The van der Waals surface area contributed by atoms with Crippen LogP contribution in [0.3, 0.4) is 0 Å². The second kappa shape index (κ2) is 4.05. The Bertz CT molecular complexity index is 197. The molecule has 11 heavy (non-hydrogen) atoms. The summed E-state index contributed by atoms with van der Waals surface area (Å²) in [6.07, 6.45) is 4.07. The third-order valence-electron chi connectivity index (χ3n) is 1.31. The summed E-state index contributed by atoms with van der Waals surface area (Å²) in [7, 11) is 3.16. The number of ether oxygens (including phenoxy) is 2. The van der Waals surface area contributed by atoms with E-state index in [2.05, 4.69) is 11.2 Å². The van der Waals surface area contributed by atoms with Gasteiger partial charge in [0, 0.05) is 26.0 Å². The minimum atomic E-state index is -0.358. The molecular weight excluding hydrogens is 142 g/mol. The van der Waals surface area contributed by atoms with Gasteiger partial charge >= 0.3 is 0 Å². The molecule has 0 spiro atoms. The minimum Gasteiger partial charge on any atom is -0.352 e. The van der Waals surface area contributed by atoms with Crippen LogP contribution in [-0.2, 0) is 9.47 Å². The number of aromatic nitrogens is 1. The Labute approximate surface area is 66.0 Å². The molecule has 3 heteroatoms. The first-order valence-corrected chi connectivity index (χ1v) is 3.26. The summed E-state index contributed by atoms with van der Waals surface area (Å²) in [5.74, 6) is 0. The first-order chi connectivity index (χ1) is 5.38. The van der Waals surface area contributed by atoms with Crippen LogP contribution in [-0.4, -0.2) is 19.2 Å². The zero-order chi connectivity index (χ0) is 8.10. The molecule has 0 amide bonds. The Morgan fingerprint density at radius 2 is 2.18 bits per heavy atom. The number of rotatable bonds is 3. The van der Waals surface area contributed by atoms with Gasteiger partial charge in [-0.2, -0.15) is 0 Å². The van der Waals surface area contributed by atoms with Crippen LogP contribution in [0.25, 0.3) is 0 Å². The molecule has 0 saturated heterocycles. The standard InChI is InChI=1S/C8H10NO2/c1-10-8(11-2)7-4-3-5-9-6-7/h3-5,8H,1-2H3. The molecule has 0 aliphatic rings. The predicted molar refractivity (Wildman–Crippen MR) is 39.8 cm³/mol. The van der Waals surface area contributed by atoms with Gasteiger partial charge in [0.2, 0.25) is 0 Å². The Morgan fingerprint density at radius 1 is 1.45 bits per heavy atom. The molecule has 1 heterocycles. The van der Waals surface area contributed by atoms with E-state index in [1.54, 1.807) is 20.4 Å². The topological polar surface area (TPSA) is 31.4 Å². The van der Waals surface area contributed by atoms with Gasteiger partial charge in [0.25, 0.3) is 0 Å². The second-order valence-corrected chi connectivity index (χ2v) is 2.01. The maximum Gasteiger partial charge on any atom is 0.185 e. The van der Waals surface area contributed by atoms with E-state index in [4.69, 9.17) is 9.47 Å². The average Bonchev–Trinajstić information content (AvgIpc) is 2.09. The molecule has 0 atom stereocenters. The molecule has 0 fully saturated rings. The highest BCUT2D eigenvalue weighted by Crippen LogP contribution is 2.13. The molecular formula is C8H10NO2. The van der Waals surface area contributed by atoms with Crippen LogP contribution in [0.4, 0.5) is 0 Å². The lowest BCUT2D eigenvalue weighted by Crippen LogP contribution is -2.03.